The van der Waals surface area contributed by atoms with Crippen LogP contribution in [0.5, 0.6) is 0 Å². The second-order valence-corrected chi connectivity index (χ2v) is 8.95. The van der Waals surface area contributed by atoms with E-state index >= 15 is 0 Å². The fraction of sp³-hybridized carbons (Fsp3) is 0.667. The molecule has 0 aromatic carbocycles. The summed E-state index contributed by atoms with van der Waals surface area (Å²) in [5.41, 5.74) is -0.311. The lowest BCUT2D eigenvalue weighted by atomic mass is 9.83. The van der Waals surface area contributed by atoms with E-state index in [4.69, 9.17) is 0 Å². The minimum absolute atomic E-state index is 0.0623. The van der Waals surface area contributed by atoms with E-state index in [-0.39, 0.29) is 23.8 Å². The normalized spacial score (nSPS) is 22.0. The van der Waals surface area contributed by atoms with Gasteiger partial charge in [0.15, 0.2) is 0 Å². The van der Waals surface area contributed by atoms with E-state index in [9.17, 15) is 14.4 Å². The van der Waals surface area contributed by atoms with Gasteiger partial charge in [0.2, 0.25) is 0 Å². The molecule has 3 aliphatic rings. The molecule has 1 saturated carbocycles. The molecule has 29 heavy (non-hydrogen) atoms. The summed E-state index contributed by atoms with van der Waals surface area (Å²) in [5.74, 6) is 0.552. The number of piperidine rings is 1. The van der Waals surface area contributed by atoms with Gasteiger partial charge in [0.1, 0.15) is 5.54 Å². The van der Waals surface area contributed by atoms with Crippen molar-refractivity contribution >= 4 is 17.8 Å². The number of nitrogens with zero attached hydrogens (tertiary/aromatic N) is 5. The maximum atomic E-state index is 13.4. The Bertz CT molecular complexity index is 785. The summed E-state index contributed by atoms with van der Waals surface area (Å²) in [7, 11) is 0. The molecule has 1 aliphatic carbocycles. The van der Waals surface area contributed by atoms with Crippen molar-refractivity contribution in [3.63, 3.8) is 0 Å². The molecule has 2 saturated heterocycles. The van der Waals surface area contributed by atoms with Gasteiger partial charge >= 0.3 is 6.03 Å². The lowest BCUT2D eigenvalue weighted by molar-refractivity contribution is -0.136. The second-order valence-electron chi connectivity index (χ2n) is 8.95. The van der Waals surface area contributed by atoms with E-state index in [0.717, 1.165) is 12.8 Å². The Labute approximate surface area is 171 Å². The highest BCUT2D eigenvalue weighted by Crippen LogP contribution is 2.40. The molecule has 3 heterocycles. The Morgan fingerprint density at radius 2 is 1.93 bits per heavy atom. The van der Waals surface area contributed by atoms with Crippen LogP contribution in [0.25, 0.3) is 0 Å². The van der Waals surface area contributed by atoms with Crippen LogP contribution in [0.1, 0.15) is 56.3 Å². The van der Waals surface area contributed by atoms with Gasteiger partial charge in [0.05, 0.1) is 18.0 Å². The van der Waals surface area contributed by atoms with Crippen LogP contribution >= 0.6 is 0 Å². The lowest BCUT2D eigenvalue weighted by Crippen LogP contribution is -2.58. The number of carbonyl (C=O) groups is 3. The van der Waals surface area contributed by atoms with Gasteiger partial charge in [-0.3, -0.25) is 14.5 Å². The molecule has 1 aromatic rings. The third-order valence-electron chi connectivity index (χ3n) is 6.54. The maximum absolute atomic E-state index is 13.4. The zero-order valence-corrected chi connectivity index (χ0v) is 17.2. The molecule has 0 bridgehead atoms. The fourth-order valence-corrected chi connectivity index (χ4v) is 4.66. The number of likely N-dealkylation sites (tertiary alicyclic amines) is 1. The third kappa shape index (κ3) is 3.49. The van der Waals surface area contributed by atoms with E-state index in [1.54, 1.807) is 15.9 Å². The summed E-state index contributed by atoms with van der Waals surface area (Å²) >= 11 is 0. The van der Waals surface area contributed by atoms with E-state index in [1.165, 1.54) is 23.7 Å². The first-order valence-corrected chi connectivity index (χ1v) is 10.6. The number of aromatic nitrogens is 2. The molecule has 4 rings (SSSR count). The molecular formula is C21H29N5O3. The molecule has 0 atom stereocenters. The molecule has 1 aromatic heterocycles. The van der Waals surface area contributed by atoms with Crippen molar-refractivity contribution in [3.05, 3.63) is 24.0 Å². The van der Waals surface area contributed by atoms with Gasteiger partial charge in [-0.25, -0.2) is 4.79 Å². The van der Waals surface area contributed by atoms with Gasteiger partial charge in [0, 0.05) is 26.2 Å². The Kier molecular flexibility index (Phi) is 5.27. The molecule has 0 unspecified atom stereocenters. The number of hydrogen-bond donors (Lipinski definition) is 0. The van der Waals surface area contributed by atoms with Gasteiger partial charge in [-0.05, 0) is 43.6 Å². The summed E-state index contributed by atoms with van der Waals surface area (Å²) < 4.78 is 0. The molecule has 4 amide bonds. The van der Waals surface area contributed by atoms with Crippen LogP contribution in [-0.2, 0) is 4.79 Å². The van der Waals surface area contributed by atoms with Crippen molar-refractivity contribution < 1.29 is 14.4 Å². The Hall–Kier alpha value is -2.51. The molecule has 0 radical (unpaired) electrons. The van der Waals surface area contributed by atoms with E-state index in [0.29, 0.717) is 50.5 Å². The van der Waals surface area contributed by atoms with Crippen LogP contribution in [0.4, 0.5) is 4.79 Å². The molecule has 2 aliphatic heterocycles. The molecule has 3 fully saturated rings. The highest BCUT2D eigenvalue weighted by atomic mass is 16.2. The predicted molar refractivity (Wildman–Crippen MR) is 106 cm³/mol. The summed E-state index contributed by atoms with van der Waals surface area (Å²) in [5, 5.41) is 7.49. The second kappa shape index (κ2) is 7.72. The van der Waals surface area contributed by atoms with Crippen molar-refractivity contribution in [2.45, 2.75) is 51.5 Å². The van der Waals surface area contributed by atoms with Crippen LogP contribution in [0.3, 0.4) is 0 Å². The summed E-state index contributed by atoms with van der Waals surface area (Å²) in [6.45, 7) is 6.13. The van der Waals surface area contributed by atoms with Crippen LogP contribution in [0.2, 0.25) is 0 Å². The number of imide groups is 1. The average Bonchev–Trinajstić information content (AvgIpc) is 2.87. The van der Waals surface area contributed by atoms with Crippen LogP contribution < -0.4 is 0 Å². The van der Waals surface area contributed by atoms with E-state index in [2.05, 4.69) is 24.0 Å². The van der Waals surface area contributed by atoms with Crippen molar-refractivity contribution in [1.82, 2.24) is 24.9 Å². The Morgan fingerprint density at radius 3 is 2.48 bits per heavy atom. The molecule has 8 heteroatoms. The molecular weight excluding hydrogens is 370 g/mol. The average molecular weight is 399 g/mol. The number of urea groups is 1. The molecule has 156 valence electrons. The highest BCUT2D eigenvalue weighted by molar-refractivity contribution is 6.07. The van der Waals surface area contributed by atoms with Crippen molar-refractivity contribution in [1.29, 1.82) is 0 Å². The van der Waals surface area contributed by atoms with E-state index in [1.807, 2.05) is 0 Å². The smallest absolute Gasteiger partial charge is 0.327 e. The van der Waals surface area contributed by atoms with Crippen molar-refractivity contribution in [3.8, 4) is 0 Å². The zero-order valence-electron chi connectivity index (χ0n) is 17.2. The number of carbonyl (C=O) groups excluding carboxylic acids is 3. The topological polar surface area (TPSA) is 86.7 Å². The van der Waals surface area contributed by atoms with Gasteiger partial charge in [-0.1, -0.05) is 20.3 Å². The molecule has 0 N–H and O–H groups in total. The standard InChI is InChI=1S/C21H29N5O3/c1-15(2)13-26-20(29)25(14-16-4-3-5-16)19(28)21(26)7-10-24(11-8-21)18(27)17-6-9-22-23-12-17/h6,9,12,15-16H,3-5,7-8,10-11,13-14H2,1-2H3. The van der Waals surface area contributed by atoms with Gasteiger partial charge in [-0.2, -0.15) is 10.2 Å². The zero-order chi connectivity index (χ0) is 20.6. The number of hydrogen-bond acceptors (Lipinski definition) is 5. The fourth-order valence-electron chi connectivity index (χ4n) is 4.66. The maximum Gasteiger partial charge on any atom is 0.327 e. The molecule has 8 nitrogen and oxygen atoms in total. The summed E-state index contributed by atoms with van der Waals surface area (Å²) in [6, 6.07) is 1.50. The predicted octanol–water partition coefficient (Wildman–Crippen LogP) is 2.17. The van der Waals surface area contributed by atoms with Crippen LogP contribution in [0, 0.1) is 11.8 Å². The van der Waals surface area contributed by atoms with Gasteiger partial charge in [-0.15, -0.1) is 0 Å². The van der Waals surface area contributed by atoms with Crippen LogP contribution in [0.15, 0.2) is 18.5 Å². The molecule has 1 spiro atoms. The van der Waals surface area contributed by atoms with Gasteiger partial charge in [0.25, 0.3) is 11.8 Å². The SMILES string of the molecule is CC(C)CN1C(=O)N(CC2CCC2)C(=O)C12CCN(C(=O)c1ccnnc1)CC2. The number of amides is 4. The van der Waals surface area contributed by atoms with Crippen molar-refractivity contribution in [2.24, 2.45) is 11.8 Å². The first-order chi connectivity index (χ1) is 13.9. The number of rotatable bonds is 5. The Morgan fingerprint density at radius 1 is 1.21 bits per heavy atom. The summed E-state index contributed by atoms with van der Waals surface area (Å²) in [4.78, 5) is 44.4. The van der Waals surface area contributed by atoms with Crippen molar-refractivity contribution in [2.75, 3.05) is 26.2 Å². The largest absolute Gasteiger partial charge is 0.338 e. The summed E-state index contributed by atoms with van der Waals surface area (Å²) in [6.07, 6.45) is 7.30. The first kappa shape index (κ1) is 19.8. The third-order valence-corrected chi connectivity index (χ3v) is 6.54. The minimum atomic E-state index is -0.807. The van der Waals surface area contributed by atoms with Gasteiger partial charge < -0.3 is 9.80 Å². The first-order valence-electron chi connectivity index (χ1n) is 10.6. The monoisotopic (exact) mass is 399 g/mol. The Balaban J connectivity index is 1.52. The van der Waals surface area contributed by atoms with Crippen LogP contribution in [-0.4, -0.2) is 74.5 Å². The van der Waals surface area contributed by atoms with E-state index < -0.39 is 5.54 Å². The highest BCUT2D eigenvalue weighted by Gasteiger charge is 2.58. The lowest BCUT2D eigenvalue weighted by Gasteiger charge is -2.42. The minimum Gasteiger partial charge on any atom is -0.338 e. The quantitative estimate of drug-likeness (QED) is 0.708.